The number of benzene rings is 1. The Bertz CT molecular complexity index is 426. The largest absolute Gasteiger partial charge is 0.495 e. The Hall–Kier alpha value is -1.55. The van der Waals surface area contributed by atoms with E-state index < -0.39 is 0 Å². The first-order valence-corrected chi connectivity index (χ1v) is 6.84. The molecule has 1 heterocycles. The molecule has 0 aliphatic carbocycles. The van der Waals surface area contributed by atoms with E-state index in [1.54, 1.807) is 7.11 Å². The number of amides is 1. The third-order valence-electron chi connectivity index (χ3n) is 3.62. The van der Waals surface area contributed by atoms with E-state index in [0.29, 0.717) is 12.3 Å². The highest BCUT2D eigenvalue weighted by Gasteiger charge is 2.18. The number of hydrogen-bond acceptors (Lipinski definition) is 3. The van der Waals surface area contributed by atoms with Crippen LogP contribution in [-0.2, 0) is 4.79 Å². The van der Waals surface area contributed by atoms with E-state index in [1.807, 2.05) is 24.3 Å². The minimum Gasteiger partial charge on any atom is -0.495 e. The Balaban J connectivity index is 1.87. The SMILES string of the molecule is COc1ccccc1NC(=O)CN1CCC(C)CC1. The minimum atomic E-state index is 0.0269. The summed E-state index contributed by atoms with van der Waals surface area (Å²) in [6, 6.07) is 7.48. The maximum absolute atomic E-state index is 12.0. The highest BCUT2D eigenvalue weighted by molar-refractivity contribution is 5.93. The van der Waals surface area contributed by atoms with Crippen molar-refractivity contribution in [1.82, 2.24) is 4.90 Å². The minimum absolute atomic E-state index is 0.0269. The van der Waals surface area contributed by atoms with E-state index in [0.717, 1.165) is 24.7 Å². The molecule has 4 nitrogen and oxygen atoms in total. The molecule has 1 saturated heterocycles. The van der Waals surface area contributed by atoms with Crippen LogP contribution in [0.5, 0.6) is 5.75 Å². The lowest BCUT2D eigenvalue weighted by atomic mass is 9.99. The van der Waals surface area contributed by atoms with Gasteiger partial charge in [0, 0.05) is 0 Å². The summed E-state index contributed by atoms with van der Waals surface area (Å²) in [6.07, 6.45) is 2.36. The number of carbonyl (C=O) groups excluding carboxylic acids is 1. The molecular formula is C15H22N2O2. The van der Waals surface area contributed by atoms with Gasteiger partial charge >= 0.3 is 0 Å². The molecule has 104 valence electrons. The van der Waals surface area contributed by atoms with E-state index in [-0.39, 0.29) is 5.91 Å². The molecule has 2 rings (SSSR count). The highest BCUT2D eigenvalue weighted by atomic mass is 16.5. The molecule has 1 amide bonds. The molecule has 4 heteroatoms. The van der Waals surface area contributed by atoms with Gasteiger partial charge in [0.15, 0.2) is 0 Å². The van der Waals surface area contributed by atoms with E-state index in [4.69, 9.17) is 4.74 Å². The number of likely N-dealkylation sites (tertiary alicyclic amines) is 1. The lowest BCUT2D eigenvalue weighted by Gasteiger charge is -2.29. The molecule has 0 spiro atoms. The zero-order chi connectivity index (χ0) is 13.7. The monoisotopic (exact) mass is 262 g/mol. The third kappa shape index (κ3) is 3.96. The van der Waals surface area contributed by atoms with E-state index >= 15 is 0 Å². The summed E-state index contributed by atoms with van der Waals surface area (Å²) >= 11 is 0. The van der Waals surface area contributed by atoms with E-state index in [9.17, 15) is 4.79 Å². The molecule has 1 aliphatic rings. The van der Waals surface area contributed by atoms with Crippen molar-refractivity contribution in [2.45, 2.75) is 19.8 Å². The molecule has 0 bridgehead atoms. The summed E-state index contributed by atoms with van der Waals surface area (Å²) in [5.74, 6) is 1.51. The van der Waals surface area contributed by atoms with Crippen LogP contribution in [0.15, 0.2) is 24.3 Å². The standard InChI is InChI=1S/C15H22N2O2/c1-12-7-9-17(10-8-12)11-15(18)16-13-5-3-4-6-14(13)19-2/h3-6,12H,7-11H2,1-2H3,(H,16,18). The normalized spacial score (nSPS) is 17.2. The molecule has 0 atom stereocenters. The zero-order valence-electron chi connectivity index (χ0n) is 11.7. The molecule has 1 N–H and O–H groups in total. The van der Waals surface area contributed by atoms with Gasteiger partial charge in [0.05, 0.1) is 19.3 Å². The molecule has 19 heavy (non-hydrogen) atoms. The van der Waals surface area contributed by atoms with Crippen molar-refractivity contribution in [3.8, 4) is 5.75 Å². The topological polar surface area (TPSA) is 41.6 Å². The fourth-order valence-corrected chi connectivity index (χ4v) is 2.36. The molecule has 1 fully saturated rings. The molecule has 1 aliphatic heterocycles. The van der Waals surface area contributed by atoms with Crippen molar-refractivity contribution in [1.29, 1.82) is 0 Å². The van der Waals surface area contributed by atoms with Crippen LogP contribution in [0.2, 0.25) is 0 Å². The predicted molar refractivity (Wildman–Crippen MR) is 76.5 cm³/mol. The van der Waals surface area contributed by atoms with E-state index in [2.05, 4.69) is 17.1 Å². The third-order valence-corrected chi connectivity index (χ3v) is 3.62. The summed E-state index contributed by atoms with van der Waals surface area (Å²) < 4.78 is 5.22. The second-order valence-corrected chi connectivity index (χ2v) is 5.21. The van der Waals surface area contributed by atoms with Gasteiger partial charge in [0.1, 0.15) is 5.75 Å². The molecular weight excluding hydrogens is 240 g/mol. The van der Waals surface area contributed by atoms with Crippen LogP contribution in [0.1, 0.15) is 19.8 Å². The molecule has 0 unspecified atom stereocenters. The first-order valence-electron chi connectivity index (χ1n) is 6.84. The van der Waals surface area contributed by atoms with Gasteiger partial charge in [-0.3, -0.25) is 9.69 Å². The van der Waals surface area contributed by atoms with Crippen LogP contribution in [-0.4, -0.2) is 37.6 Å². The highest BCUT2D eigenvalue weighted by Crippen LogP contribution is 2.23. The number of rotatable bonds is 4. The maximum Gasteiger partial charge on any atom is 0.238 e. The summed E-state index contributed by atoms with van der Waals surface area (Å²) in [6.45, 7) is 4.76. The Morgan fingerprint density at radius 2 is 2.05 bits per heavy atom. The lowest BCUT2D eigenvalue weighted by Crippen LogP contribution is -2.38. The number of anilines is 1. The molecule has 0 saturated carbocycles. The van der Waals surface area contributed by atoms with Crippen molar-refractivity contribution in [3.05, 3.63) is 24.3 Å². The van der Waals surface area contributed by atoms with E-state index in [1.165, 1.54) is 12.8 Å². The Labute approximate surface area is 114 Å². The van der Waals surface area contributed by atoms with Gasteiger partial charge in [-0.2, -0.15) is 0 Å². The average Bonchev–Trinajstić information content (AvgIpc) is 2.42. The molecule has 0 aromatic heterocycles. The van der Waals surface area contributed by atoms with Gasteiger partial charge in [-0.25, -0.2) is 0 Å². The van der Waals surface area contributed by atoms with Crippen molar-refractivity contribution >= 4 is 11.6 Å². The second kappa shape index (κ2) is 6.57. The van der Waals surface area contributed by atoms with Crippen molar-refractivity contribution < 1.29 is 9.53 Å². The quantitative estimate of drug-likeness (QED) is 0.905. The second-order valence-electron chi connectivity index (χ2n) is 5.21. The molecule has 0 radical (unpaired) electrons. The number of carbonyl (C=O) groups is 1. The summed E-state index contributed by atoms with van der Waals surface area (Å²) in [7, 11) is 1.61. The number of methoxy groups -OCH3 is 1. The van der Waals surface area contributed by atoms with Gasteiger partial charge in [-0.05, 0) is 44.0 Å². The Morgan fingerprint density at radius 1 is 1.37 bits per heavy atom. The number of piperidine rings is 1. The van der Waals surface area contributed by atoms with Crippen LogP contribution in [0, 0.1) is 5.92 Å². The van der Waals surface area contributed by atoms with Crippen LogP contribution >= 0.6 is 0 Å². The first-order chi connectivity index (χ1) is 9.19. The van der Waals surface area contributed by atoms with Gasteiger partial charge in [-0.1, -0.05) is 19.1 Å². The summed E-state index contributed by atoms with van der Waals surface area (Å²) in [5, 5.41) is 2.91. The van der Waals surface area contributed by atoms with Gasteiger partial charge in [-0.15, -0.1) is 0 Å². The number of para-hydroxylation sites is 2. The fourth-order valence-electron chi connectivity index (χ4n) is 2.36. The van der Waals surface area contributed by atoms with Crippen LogP contribution in [0.25, 0.3) is 0 Å². The molecule has 1 aromatic rings. The van der Waals surface area contributed by atoms with Crippen LogP contribution in [0.4, 0.5) is 5.69 Å². The summed E-state index contributed by atoms with van der Waals surface area (Å²) in [4.78, 5) is 14.2. The fraction of sp³-hybridized carbons (Fsp3) is 0.533. The van der Waals surface area contributed by atoms with Gasteiger partial charge < -0.3 is 10.1 Å². The number of hydrogen-bond donors (Lipinski definition) is 1. The predicted octanol–water partition coefficient (Wildman–Crippen LogP) is 2.37. The zero-order valence-corrected chi connectivity index (χ0v) is 11.7. The van der Waals surface area contributed by atoms with Crippen molar-refractivity contribution in [2.24, 2.45) is 5.92 Å². The number of nitrogens with zero attached hydrogens (tertiary/aromatic N) is 1. The number of ether oxygens (including phenoxy) is 1. The van der Waals surface area contributed by atoms with Crippen LogP contribution in [0.3, 0.4) is 0 Å². The Kier molecular flexibility index (Phi) is 4.80. The Morgan fingerprint density at radius 3 is 2.74 bits per heavy atom. The smallest absolute Gasteiger partial charge is 0.238 e. The number of nitrogens with one attached hydrogen (secondary N) is 1. The van der Waals surface area contributed by atoms with Crippen molar-refractivity contribution in [3.63, 3.8) is 0 Å². The molecule has 1 aromatic carbocycles. The van der Waals surface area contributed by atoms with Crippen LogP contribution < -0.4 is 10.1 Å². The summed E-state index contributed by atoms with van der Waals surface area (Å²) in [5.41, 5.74) is 0.736. The average molecular weight is 262 g/mol. The van der Waals surface area contributed by atoms with Crippen molar-refractivity contribution in [2.75, 3.05) is 32.1 Å². The lowest BCUT2D eigenvalue weighted by molar-refractivity contribution is -0.117. The van der Waals surface area contributed by atoms with Gasteiger partial charge in [0.2, 0.25) is 5.91 Å². The van der Waals surface area contributed by atoms with Gasteiger partial charge in [0.25, 0.3) is 0 Å². The first kappa shape index (κ1) is 13.9. The maximum atomic E-state index is 12.0.